The number of fused-ring (bicyclic) bond motifs is 1. The second-order valence-electron chi connectivity index (χ2n) is 4.20. The molecule has 2 rings (SSSR count). The predicted molar refractivity (Wildman–Crippen MR) is 78.1 cm³/mol. The van der Waals surface area contributed by atoms with Crippen LogP contribution in [0.1, 0.15) is 10.4 Å². The van der Waals surface area contributed by atoms with Crippen LogP contribution in [0.5, 0.6) is 5.75 Å². The van der Waals surface area contributed by atoms with Crippen molar-refractivity contribution >= 4 is 35.9 Å². The highest BCUT2D eigenvalue weighted by Crippen LogP contribution is 2.19. The van der Waals surface area contributed by atoms with Crippen LogP contribution >= 0.6 is 0 Å². The SMILES string of the molecule is Bc1c(OC)ccc2cc(C(=O)NC(=N)N)ccc12. The summed E-state index contributed by atoms with van der Waals surface area (Å²) in [7, 11) is 3.60. The Morgan fingerprint density at radius 1 is 1.37 bits per heavy atom. The minimum atomic E-state index is -0.386. The molecule has 0 atom stereocenters. The maximum Gasteiger partial charge on any atom is 0.257 e. The van der Waals surface area contributed by atoms with E-state index in [1.165, 1.54) is 0 Å². The van der Waals surface area contributed by atoms with Crippen LogP contribution in [0.15, 0.2) is 30.3 Å². The van der Waals surface area contributed by atoms with E-state index in [0.29, 0.717) is 5.56 Å². The van der Waals surface area contributed by atoms with Gasteiger partial charge in [-0.1, -0.05) is 12.1 Å². The molecule has 0 spiro atoms. The molecule has 19 heavy (non-hydrogen) atoms. The Morgan fingerprint density at radius 2 is 2.11 bits per heavy atom. The molecule has 0 saturated heterocycles. The van der Waals surface area contributed by atoms with Gasteiger partial charge in [-0.25, -0.2) is 0 Å². The Kier molecular flexibility index (Phi) is 3.42. The average Bonchev–Trinajstić information content (AvgIpc) is 2.38. The lowest BCUT2D eigenvalue weighted by Gasteiger charge is -2.10. The summed E-state index contributed by atoms with van der Waals surface area (Å²) in [4.78, 5) is 11.8. The summed E-state index contributed by atoms with van der Waals surface area (Å²) in [6, 6.07) is 9.09. The lowest BCUT2D eigenvalue weighted by Crippen LogP contribution is -2.35. The van der Waals surface area contributed by atoms with Crippen LogP contribution < -0.4 is 21.3 Å². The number of methoxy groups -OCH3 is 1. The topological polar surface area (TPSA) is 88.2 Å². The van der Waals surface area contributed by atoms with Gasteiger partial charge in [0, 0.05) is 5.56 Å². The van der Waals surface area contributed by atoms with E-state index in [1.807, 2.05) is 26.0 Å². The first-order valence-electron chi connectivity index (χ1n) is 5.75. The molecule has 0 aliphatic heterocycles. The fourth-order valence-electron chi connectivity index (χ4n) is 2.02. The van der Waals surface area contributed by atoms with Crippen LogP contribution in [0, 0.1) is 5.41 Å². The van der Waals surface area contributed by atoms with Crippen LogP contribution in [0.3, 0.4) is 0 Å². The molecule has 0 heterocycles. The monoisotopic (exact) mass is 255 g/mol. The molecule has 96 valence electrons. The fraction of sp³-hybridized carbons (Fsp3) is 0.0769. The number of benzene rings is 2. The summed E-state index contributed by atoms with van der Waals surface area (Å²) in [5.41, 5.74) is 6.63. The van der Waals surface area contributed by atoms with E-state index in [9.17, 15) is 4.79 Å². The van der Waals surface area contributed by atoms with Crippen molar-refractivity contribution in [3.63, 3.8) is 0 Å². The number of hydrogen-bond acceptors (Lipinski definition) is 3. The second kappa shape index (κ2) is 5.01. The van der Waals surface area contributed by atoms with Gasteiger partial charge in [0.15, 0.2) is 5.96 Å². The lowest BCUT2D eigenvalue weighted by atomic mass is 9.88. The van der Waals surface area contributed by atoms with Crippen molar-refractivity contribution < 1.29 is 9.53 Å². The largest absolute Gasteiger partial charge is 0.497 e. The highest BCUT2D eigenvalue weighted by atomic mass is 16.5. The number of rotatable bonds is 2. The van der Waals surface area contributed by atoms with E-state index in [2.05, 4.69) is 5.32 Å². The number of carbonyl (C=O) groups excluding carboxylic acids is 1. The first-order chi connectivity index (χ1) is 9.02. The summed E-state index contributed by atoms with van der Waals surface area (Å²) in [5.74, 6) is 0.0623. The van der Waals surface area contributed by atoms with Crippen molar-refractivity contribution in [1.29, 1.82) is 5.41 Å². The summed E-state index contributed by atoms with van der Waals surface area (Å²) in [6.07, 6.45) is 0. The maximum atomic E-state index is 11.8. The third-order valence-electron chi connectivity index (χ3n) is 2.97. The summed E-state index contributed by atoms with van der Waals surface area (Å²) < 4.78 is 5.26. The molecule has 2 aromatic rings. The smallest absolute Gasteiger partial charge is 0.257 e. The number of carbonyl (C=O) groups is 1. The number of nitrogens with one attached hydrogen (secondary N) is 2. The minimum Gasteiger partial charge on any atom is -0.497 e. The summed E-state index contributed by atoms with van der Waals surface area (Å²) in [5, 5.41) is 11.3. The molecule has 4 N–H and O–H groups in total. The zero-order valence-corrected chi connectivity index (χ0v) is 10.8. The zero-order chi connectivity index (χ0) is 14.0. The summed E-state index contributed by atoms with van der Waals surface area (Å²) >= 11 is 0. The van der Waals surface area contributed by atoms with E-state index in [1.54, 1.807) is 19.2 Å². The van der Waals surface area contributed by atoms with Crippen LogP contribution in [-0.2, 0) is 0 Å². The molecule has 0 aromatic heterocycles. The van der Waals surface area contributed by atoms with Gasteiger partial charge >= 0.3 is 0 Å². The Balaban J connectivity index is 2.47. The molecule has 0 aliphatic carbocycles. The number of nitrogens with two attached hydrogens (primary N) is 1. The van der Waals surface area contributed by atoms with Crippen LogP contribution in [-0.4, -0.2) is 26.8 Å². The Hall–Kier alpha value is -2.50. The lowest BCUT2D eigenvalue weighted by molar-refractivity contribution is 0.0976. The molecule has 2 aromatic carbocycles. The Morgan fingerprint density at radius 3 is 2.74 bits per heavy atom. The van der Waals surface area contributed by atoms with Gasteiger partial charge in [0.2, 0.25) is 0 Å². The minimum absolute atomic E-state index is 0.365. The van der Waals surface area contributed by atoms with Crippen molar-refractivity contribution in [1.82, 2.24) is 5.32 Å². The van der Waals surface area contributed by atoms with Crippen molar-refractivity contribution in [3.8, 4) is 5.75 Å². The predicted octanol–water partition coefficient (Wildman–Crippen LogP) is -0.270. The van der Waals surface area contributed by atoms with Crippen molar-refractivity contribution in [2.45, 2.75) is 0 Å². The zero-order valence-electron chi connectivity index (χ0n) is 10.8. The van der Waals surface area contributed by atoms with Gasteiger partial charge in [-0.05, 0) is 34.4 Å². The van der Waals surface area contributed by atoms with Gasteiger partial charge in [0.1, 0.15) is 13.6 Å². The quantitative estimate of drug-likeness (QED) is 0.392. The van der Waals surface area contributed by atoms with E-state index in [4.69, 9.17) is 15.9 Å². The van der Waals surface area contributed by atoms with Gasteiger partial charge in [-0.2, -0.15) is 0 Å². The molecule has 6 heteroatoms. The van der Waals surface area contributed by atoms with Crippen LogP contribution in [0.25, 0.3) is 10.8 Å². The normalized spacial score (nSPS) is 10.2. The average molecular weight is 255 g/mol. The molecule has 0 unspecified atom stereocenters. The Bertz CT molecular complexity index is 670. The van der Waals surface area contributed by atoms with E-state index in [0.717, 1.165) is 22.0 Å². The van der Waals surface area contributed by atoms with Gasteiger partial charge < -0.3 is 10.5 Å². The van der Waals surface area contributed by atoms with Crippen LogP contribution in [0.2, 0.25) is 0 Å². The first-order valence-corrected chi connectivity index (χ1v) is 5.75. The molecule has 0 radical (unpaired) electrons. The van der Waals surface area contributed by atoms with Crippen molar-refractivity contribution in [2.75, 3.05) is 7.11 Å². The molecular formula is C13H14BN3O2. The Labute approximate surface area is 111 Å². The molecule has 0 saturated carbocycles. The van der Waals surface area contributed by atoms with Gasteiger partial charge in [-0.3, -0.25) is 15.5 Å². The van der Waals surface area contributed by atoms with Crippen LogP contribution in [0.4, 0.5) is 0 Å². The van der Waals surface area contributed by atoms with E-state index in [-0.39, 0.29) is 11.9 Å². The molecular weight excluding hydrogens is 241 g/mol. The molecule has 1 amide bonds. The number of hydrogen-bond donors (Lipinski definition) is 3. The molecule has 0 fully saturated rings. The first kappa shape index (κ1) is 12.9. The third kappa shape index (κ3) is 2.52. The van der Waals surface area contributed by atoms with Gasteiger partial charge in [-0.15, -0.1) is 0 Å². The van der Waals surface area contributed by atoms with Gasteiger partial charge in [0.25, 0.3) is 5.91 Å². The van der Waals surface area contributed by atoms with Gasteiger partial charge in [0.05, 0.1) is 7.11 Å². The highest BCUT2D eigenvalue weighted by molar-refractivity contribution is 6.40. The summed E-state index contributed by atoms with van der Waals surface area (Å²) in [6.45, 7) is 0. The fourth-order valence-corrected chi connectivity index (χ4v) is 2.02. The molecule has 0 aliphatic rings. The third-order valence-corrected chi connectivity index (χ3v) is 2.97. The van der Waals surface area contributed by atoms with Crippen molar-refractivity contribution in [3.05, 3.63) is 35.9 Å². The second-order valence-corrected chi connectivity index (χ2v) is 4.20. The van der Waals surface area contributed by atoms with E-state index < -0.39 is 0 Å². The number of guanidine groups is 1. The van der Waals surface area contributed by atoms with Crippen molar-refractivity contribution in [2.24, 2.45) is 5.73 Å². The molecule has 0 bridgehead atoms. The van der Waals surface area contributed by atoms with E-state index >= 15 is 0 Å². The molecule has 5 nitrogen and oxygen atoms in total. The standard InChI is InChI=1S/C13H14BN3O2/c1-19-10-5-3-7-6-8(12(18)17-13(15)16)2-4-9(7)11(10)14/h2-6H,14H2,1H3,(H4,15,16,17,18). The number of amides is 1. The number of ether oxygens (including phenoxy) is 1. The maximum absolute atomic E-state index is 11.8. The highest BCUT2D eigenvalue weighted by Gasteiger charge is 2.09.